The number of rotatable bonds is 3. The standard InChI is InChI=1S/C39H34FNO2/c1-25-23-32-34-29-11-7-8-12-30(29)37-31(36(34)38(2,3)35(32)33(40)24-25)17-18-39(43-37,26-9-5-4-6-10-26)27-13-15-28(16-14-27)41-19-21-42-22-20-41/h4-18,23-24H,19-22H2,1-3H3. The van der Waals surface area contributed by atoms with E-state index in [0.717, 1.165) is 87.3 Å². The molecule has 0 saturated carbocycles. The molecule has 214 valence electrons. The monoisotopic (exact) mass is 567 g/mol. The van der Waals surface area contributed by atoms with Gasteiger partial charge in [0.25, 0.3) is 0 Å². The van der Waals surface area contributed by atoms with E-state index in [1.807, 2.05) is 13.0 Å². The number of halogens is 1. The molecule has 1 unspecified atom stereocenters. The molecular weight excluding hydrogens is 533 g/mol. The van der Waals surface area contributed by atoms with Crippen LogP contribution in [0.25, 0.3) is 28.0 Å². The number of anilines is 1. The summed E-state index contributed by atoms with van der Waals surface area (Å²) in [5, 5.41) is 2.13. The summed E-state index contributed by atoms with van der Waals surface area (Å²) in [6, 6.07) is 31.5. The topological polar surface area (TPSA) is 21.7 Å². The van der Waals surface area contributed by atoms with Gasteiger partial charge in [-0.15, -0.1) is 0 Å². The van der Waals surface area contributed by atoms with Gasteiger partial charge in [-0.25, -0.2) is 4.39 Å². The van der Waals surface area contributed by atoms with Crippen molar-refractivity contribution in [3.63, 3.8) is 0 Å². The summed E-state index contributed by atoms with van der Waals surface area (Å²) in [5.74, 6) is 0.699. The zero-order valence-electron chi connectivity index (χ0n) is 24.8. The van der Waals surface area contributed by atoms with Crippen LogP contribution in [0.2, 0.25) is 0 Å². The maximum atomic E-state index is 15.7. The number of benzene rings is 5. The summed E-state index contributed by atoms with van der Waals surface area (Å²) in [7, 11) is 0. The van der Waals surface area contributed by atoms with Crippen LogP contribution in [0, 0.1) is 12.7 Å². The van der Waals surface area contributed by atoms with Crippen molar-refractivity contribution in [1.82, 2.24) is 0 Å². The summed E-state index contributed by atoms with van der Waals surface area (Å²) in [4.78, 5) is 2.37. The first-order valence-electron chi connectivity index (χ1n) is 15.2. The second-order valence-electron chi connectivity index (χ2n) is 12.5. The van der Waals surface area contributed by atoms with Crippen LogP contribution in [0.15, 0.2) is 97.1 Å². The first-order chi connectivity index (χ1) is 20.9. The lowest BCUT2D eigenvalue weighted by Crippen LogP contribution is -2.37. The Bertz CT molecular complexity index is 1920. The van der Waals surface area contributed by atoms with Gasteiger partial charge in [0.2, 0.25) is 0 Å². The van der Waals surface area contributed by atoms with Gasteiger partial charge in [-0.05, 0) is 58.8 Å². The minimum absolute atomic E-state index is 0.145. The zero-order valence-corrected chi connectivity index (χ0v) is 24.8. The first kappa shape index (κ1) is 26.2. The maximum absolute atomic E-state index is 15.7. The highest BCUT2D eigenvalue weighted by Gasteiger charge is 2.45. The fourth-order valence-corrected chi connectivity index (χ4v) is 7.62. The molecule has 2 aliphatic heterocycles. The Kier molecular flexibility index (Phi) is 5.83. The Morgan fingerprint density at radius 3 is 2.19 bits per heavy atom. The molecule has 3 aliphatic rings. The zero-order chi connectivity index (χ0) is 29.3. The maximum Gasteiger partial charge on any atom is 0.178 e. The third kappa shape index (κ3) is 3.82. The molecule has 0 spiro atoms. The smallest absolute Gasteiger partial charge is 0.178 e. The van der Waals surface area contributed by atoms with Gasteiger partial charge < -0.3 is 14.4 Å². The number of fused-ring (bicyclic) bond motifs is 8. The molecule has 0 bridgehead atoms. The first-order valence-corrected chi connectivity index (χ1v) is 15.2. The van der Waals surface area contributed by atoms with Crippen LogP contribution in [-0.4, -0.2) is 26.3 Å². The van der Waals surface area contributed by atoms with Crippen molar-refractivity contribution in [2.24, 2.45) is 0 Å². The predicted octanol–water partition coefficient (Wildman–Crippen LogP) is 8.78. The lowest BCUT2D eigenvalue weighted by atomic mass is 9.76. The lowest BCUT2D eigenvalue weighted by molar-refractivity contribution is 0.122. The van der Waals surface area contributed by atoms with Crippen LogP contribution < -0.4 is 9.64 Å². The highest BCUT2D eigenvalue weighted by molar-refractivity contribution is 6.08. The van der Waals surface area contributed by atoms with Gasteiger partial charge in [-0.2, -0.15) is 0 Å². The minimum Gasteiger partial charge on any atom is -0.472 e. The van der Waals surface area contributed by atoms with Gasteiger partial charge in [0.05, 0.1) is 13.2 Å². The van der Waals surface area contributed by atoms with Gasteiger partial charge in [0.15, 0.2) is 5.60 Å². The molecule has 1 aliphatic carbocycles. The van der Waals surface area contributed by atoms with Crippen LogP contribution in [-0.2, 0) is 15.8 Å². The molecule has 1 atom stereocenters. The summed E-state index contributed by atoms with van der Waals surface area (Å²) < 4.78 is 28.6. The lowest BCUT2D eigenvalue weighted by Gasteiger charge is -2.38. The SMILES string of the molecule is Cc1cc(F)c2c(c1)-c1c(c3c(c4ccccc14)OC(c1ccccc1)(c1ccc(N4CCOCC4)cc1)C=C3)C2(C)C. The Hall–Kier alpha value is -4.41. The van der Waals surface area contributed by atoms with Crippen molar-refractivity contribution >= 4 is 22.5 Å². The number of morpholine rings is 1. The summed E-state index contributed by atoms with van der Waals surface area (Å²) >= 11 is 0. The van der Waals surface area contributed by atoms with E-state index in [-0.39, 0.29) is 5.82 Å². The quantitative estimate of drug-likeness (QED) is 0.218. The number of aryl methyl sites for hydroxylation is 1. The predicted molar refractivity (Wildman–Crippen MR) is 173 cm³/mol. The van der Waals surface area contributed by atoms with Crippen molar-refractivity contribution in [2.75, 3.05) is 31.2 Å². The molecule has 0 N–H and O–H groups in total. The van der Waals surface area contributed by atoms with Crippen molar-refractivity contribution < 1.29 is 13.9 Å². The fourth-order valence-electron chi connectivity index (χ4n) is 7.62. The van der Waals surface area contributed by atoms with Crippen molar-refractivity contribution in [3.05, 3.63) is 136 Å². The largest absolute Gasteiger partial charge is 0.472 e. The molecule has 5 aromatic carbocycles. The van der Waals surface area contributed by atoms with Gasteiger partial charge >= 0.3 is 0 Å². The molecule has 8 rings (SSSR count). The van der Waals surface area contributed by atoms with Crippen LogP contribution in [0.3, 0.4) is 0 Å². The summed E-state index contributed by atoms with van der Waals surface area (Å²) in [6.07, 6.45) is 4.43. The van der Waals surface area contributed by atoms with E-state index >= 15 is 4.39 Å². The highest BCUT2D eigenvalue weighted by atomic mass is 19.1. The van der Waals surface area contributed by atoms with E-state index in [4.69, 9.17) is 9.47 Å². The number of ether oxygens (including phenoxy) is 2. The Labute approximate surface area is 252 Å². The molecule has 43 heavy (non-hydrogen) atoms. The molecule has 3 nitrogen and oxygen atoms in total. The van der Waals surface area contributed by atoms with Crippen LogP contribution >= 0.6 is 0 Å². The minimum atomic E-state index is -0.827. The average Bonchev–Trinajstić information content (AvgIpc) is 3.28. The van der Waals surface area contributed by atoms with Gasteiger partial charge in [-0.1, -0.05) is 92.7 Å². The van der Waals surface area contributed by atoms with E-state index in [0.29, 0.717) is 0 Å². The number of hydrogen-bond acceptors (Lipinski definition) is 3. The Balaban J connectivity index is 1.36. The van der Waals surface area contributed by atoms with Crippen LogP contribution in [0.1, 0.15) is 47.2 Å². The van der Waals surface area contributed by atoms with Crippen LogP contribution in [0.5, 0.6) is 5.75 Å². The van der Waals surface area contributed by atoms with Crippen molar-refractivity contribution in [1.29, 1.82) is 0 Å². The van der Waals surface area contributed by atoms with Gasteiger partial charge in [0.1, 0.15) is 11.6 Å². The van der Waals surface area contributed by atoms with E-state index in [2.05, 4.69) is 110 Å². The van der Waals surface area contributed by atoms with E-state index < -0.39 is 11.0 Å². The summed E-state index contributed by atoms with van der Waals surface area (Å²) in [5.41, 5.74) is 7.91. The molecule has 0 aromatic heterocycles. The fraction of sp³-hybridized carbons (Fsp3) is 0.231. The van der Waals surface area contributed by atoms with Gasteiger partial charge in [-0.3, -0.25) is 0 Å². The third-order valence-electron chi connectivity index (χ3n) is 9.58. The molecule has 1 saturated heterocycles. The normalized spacial score (nSPS) is 20.0. The van der Waals surface area contributed by atoms with E-state index in [1.54, 1.807) is 6.07 Å². The Morgan fingerprint density at radius 1 is 0.767 bits per heavy atom. The Morgan fingerprint density at radius 2 is 1.44 bits per heavy atom. The second-order valence-corrected chi connectivity index (χ2v) is 12.5. The van der Waals surface area contributed by atoms with Crippen molar-refractivity contribution in [3.8, 4) is 16.9 Å². The van der Waals surface area contributed by atoms with Crippen LogP contribution in [0.4, 0.5) is 10.1 Å². The average molecular weight is 568 g/mol. The molecule has 0 amide bonds. The molecular formula is C39H34FNO2. The highest BCUT2D eigenvalue weighted by Crippen LogP contribution is 2.58. The van der Waals surface area contributed by atoms with Gasteiger partial charge in [0, 0.05) is 51.8 Å². The molecule has 1 fully saturated rings. The number of nitrogens with zero attached hydrogens (tertiary/aromatic N) is 1. The molecule has 0 radical (unpaired) electrons. The number of hydrogen-bond donors (Lipinski definition) is 0. The summed E-state index contributed by atoms with van der Waals surface area (Å²) in [6.45, 7) is 9.53. The molecule has 2 heterocycles. The van der Waals surface area contributed by atoms with E-state index in [1.165, 1.54) is 5.69 Å². The second kappa shape index (κ2) is 9.55. The molecule has 5 aromatic rings. The van der Waals surface area contributed by atoms with E-state index in [9.17, 15) is 0 Å². The molecule has 4 heteroatoms. The third-order valence-corrected chi connectivity index (χ3v) is 9.58. The van der Waals surface area contributed by atoms with Crippen molar-refractivity contribution in [2.45, 2.75) is 31.8 Å².